The largest absolute Gasteiger partial charge is 0.491 e. The number of aryl methyl sites for hydroxylation is 1. The van der Waals surface area contributed by atoms with Crippen molar-refractivity contribution in [3.05, 3.63) is 102 Å². The van der Waals surface area contributed by atoms with Crippen molar-refractivity contribution in [3.63, 3.8) is 0 Å². The quantitative estimate of drug-likeness (QED) is 0.326. The first-order valence-electron chi connectivity index (χ1n) is 10.7. The summed E-state index contributed by atoms with van der Waals surface area (Å²) in [4.78, 5) is 4.81. The third-order valence-electron chi connectivity index (χ3n) is 5.13. The smallest absolute Gasteiger partial charge is 0.119 e. The number of benzene rings is 3. The van der Waals surface area contributed by atoms with E-state index in [-0.39, 0.29) is 6.61 Å². The van der Waals surface area contributed by atoms with Crippen molar-refractivity contribution in [2.24, 2.45) is 0 Å². The molecule has 4 nitrogen and oxygen atoms in total. The molecule has 4 aromatic rings. The number of thioether (sulfide) groups is 1. The second-order valence-corrected chi connectivity index (χ2v) is 8.68. The van der Waals surface area contributed by atoms with Crippen LogP contribution in [0.4, 0.5) is 0 Å². The fourth-order valence-corrected chi connectivity index (χ4v) is 4.29. The Kier molecular flexibility index (Phi) is 7.41. The zero-order valence-corrected chi connectivity index (χ0v) is 19.1. The van der Waals surface area contributed by atoms with Gasteiger partial charge < -0.3 is 9.84 Å². The number of aromatic nitrogens is 1. The maximum Gasteiger partial charge on any atom is 0.119 e. The summed E-state index contributed by atoms with van der Waals surface area (Å²) in [6.45, 7) is 2.22. The summed E-state index contributed by atoms with van der Waals surface area (Å²) in [5, 5.41) is 21.1. The number of nitrogens with zero attached hydrogens (tertiary/aromatic N) is 2. The summed E-state index contributed by atoms with van der Waals surface area (Å²) in [7, 11) is 0. The third kappa shape index (κ3) is 5.81. The van der Waals surface area contributed by atoms with E-state index in [1.165, 1.54) is 17.3 Å². The highest BCUT2D eigenvalue weighted by molar-refractivity contribution is 7.99. The zero-order valence-electron chi connectivity index (χ0n) is 18.3. The number of hydrogen-bond acceptors (Lipinski definition) is 5. The minimum atomic E-state index is -0.702. The molecule has 164 valence electrons. The van der Waals surface area contributed by atoms with Crippen LogP contribution in [0.5, 0.6) is 5.75 Å². The molecule has 5 heteroatoms. The lowest BCUT2D eigenvalue weighted by Crippen LogP contribution is -2.20. The van der Waals surface area contributed by atoms with Crippen LogP contribution in [-0.2, 0) is 0 Å². The van der Waals surface area contributed by atoms with Gasteiger partial charge >= 0.3 is 0 Å². The maximum absolute atomic E-state index is 10.5. The predicted molar refractivity (Wildman–Crippen MR) is 133 cm³/mol. The van der Waals surface area contributed by atoms with Crippen LogP contribution in [0.2, 0.25) is 0 Å². The van der Waals surface area contributed by atoms with E-state index in [0.717, 1.165) is 22.4 Å². The van der Waals surface area contributed by atoms with Crippen molar-refractivity contribution in [1.82, 2.24) is 4.98 Å². The molecule has 1 atom stereocenters. The molecule has 0 bridgehead atoms. The van der Waals surface area contributed by atoms with Gasteiger partial charge in [-0.15, -0.1) is 11.8 Å². The minimum absolute atomic E-state index is 0.169. The molecule has 33 heavy (non-hydrogen) atoms. The Labute approximate surface area is 198 Å². The van der Waals surface area contributed by atoms with E-state index in [2.05, 4.69) is 18.2 Å². The molecule has 1 N–H and O–H groups in total. The second kappa shape index (κ2) is 10.8. The molecular weight excluding hydrogens is 428 g/mol. The van der Waals surface area contributed by atoms with Gasteiger partial charge in [-0.05, 0) is 30.7 Å². The van der Waals surface area contributed by atoms with Crippen LogP contribution < -0.4 is 4.74 Å². The highest BCUT2D eigenvalue weighted by Crippen LogP contribution is 2.34. The van der Waals surface area contributed by atoms with Crippen LogP contribution in [0.1, 0.15) is 11.1 Å². The van der Waals surface area contributed by atoms with Crippen LogP contribution >= 0.6 is 11.8 Å². The van der Waals surface area contributed by atoms with Crippen LogP contribution in [0.3, 0.4) is 0 Å². The lowest BCUT2D eigenvalue weighted by molar-refractivity contribution is 0.126. The van der Waals surface area contributed by atoms with Crippen LogP contribution in [0, 0.1) is 18.3 Å². The fourth-order valence-electron chi connectivity index (χ4n) is 3.38. The van der Waals surface area contributed by atoms with E-state index in [1.54, 1.807) is 0 Å². The molecule has 1 heterocycles. The Morgan fingerprint density at radius 3 is 2.27 bits per heavy atom. The number of aliphatic hydroxyl groups is 1. The number of rotatable bonds is 8. The summed E-state index contributed by atoms with van der Waals surface area (Å²) in [5.41, 5.74) is 5.26. The Morgan fingerprint density at radius 2 is 1.61 bits per heavy atom. The molecular formula is C28H24N2O2S. The first kappa shape index (κ1) is 22.6. The van der Waals surface area contributed by atoms with Crippen LogP contribution in [0.25, 0.3) is 22.4 Å². The molecule has 0 aliphatic carbocycles. The van der Waals surface area contributed by atoms with Gasteiger partial charge in [-0.1, -0.05) is 78.4 Å². The lowest BCUT2D eigenvalue weighted by Gasteiger charge is -2.15. The average Bonchev–Trinajstić information content (AvgIpc) is 2.87. The summed E-state index contributed by atoms with van der Waals surface area (Å²) in [6, 6.07) is 31.7. The van der Waals surface area contributed by atoms with Crippen molar-refractivity contribution < 1.29 is 9.84 Å². The summed E-state index contributed by atoms with van der Waals surface area (Å²) >= 11 is 1.37. The molecule has 0 saturated carbocycles. The number of aliphatic hydroxyl groups excluding tert-OH is 1. The number of para-hydroxylation sites is 1. The molecule has 0 spiro atoms. The van der Waals surface area contributed by atoms with Crippen molar-refractivity contribution in [3.8, 4) is 34.2 Å². The van der Waals surface area contributed by atoms with E-state index < -0.39 is 6.10 Å². The van der Waals surface area contributed by atoms with Gasteiger partial charge in [0.1, 0.15) is 23.5 Å². The average molecular weight is 453 g/mol. The summed E-state index contributed by atoms with van der Waals surface area (Å²) < 4.78 is 5.66. The highest BCUT2D eigenvalue weighted by atomic mass is 32.2. The molecule has 0 saturated heterocycles. The van der Waals surface area contributed by atoms with Gasteiger partial charge in [-0.2, -0.15) is 5.26 Å². The number of pyridine rings is 1. The lowest BCUT2D eigenvalue weighted by atomic mass is 9.99. The standard InChI is InChI=1S/C28H24N2O2S/c1-20-12-14-22(15-13-20)27-16-25(21-8-4-2-5-9-21)26(17-29)28(30-27)33-19-23(31)18-32-24-10-6-3-7-11-24/h2-16,23,31H,18-19H2,1H3. The van der Waals surface area contributed by atoms with E-state index in [4.69, 9.17) is 9.72 Å². The number of hydrogen-bond donors (Lipinski definition) is 1. The number of ether oxygens (including phenoxy) is 1. The predicted octanol–water partition coefficient (Wildman–Crippen LogP) is 6.13. The third-order valence-corrected chi connectivity index (χ3v) is 6.25. The van der Waals surface area contributed by atoms with Gasteiger partial charge in [-0.25, -0.2) is 4.98 Å². The van der Waals surface area contributed by atoms with Gasteiger partial charge in [0.2, 0.25) is 0 Å². The summed E-state index contributed by atoms with van der Waals surface area (Å²) in [6.07, 6.45) is -0.702. The molecule has 4 rings (SSSR count). The van der Waals surface area contributed by atoms with Crippen molar-refractivity contribution in [2.75, 3.05) is 12.4 Å². The number of nitriles is 1. The van der Waals surface area contributed by atoms with Crippen LogP contribution in [-0.4, -0.2) is 28.6 Å². The molecule has 1 unspecified atom stereocenters. The zero-order chi connectivity index (χ0) is 23.0. The molecule has 0 aliphatic heterocycles. The molecule has 1 aromatic heterocycles. The monoisotopic (exact) mass is 452 g/mol. The molecule has 3 aromatic carbocycles. The Morgan fingerprint density at radius 1 is 0.939 bits per heavy atom. The van der Waals surface area contributed by atoms with Gasteiger partial charge in [-0.3, -0.25) is 0 Å². The van der Waals surface area contributed by atoms with Crippen LogP contribution in [0.15, 0.2) is 96.0 Å². The molecule has 0 fully saturated rings. The van der Waals surface area contributed by atoms with Gasteiger partial charge in [0.15, 0.2) is 0 Å². The van der Waals surface area contributed by atoms with Crippen molar-refractivity contribution in [1.29, 1.82) is 5.26 Å². The molecule has 0 aliphatic rings. The maximum atomic E-state index is 10.5. The second-order valence-electron chi connectivity index (χ2n) is 7.67. The van der Waals surface area contributed by atoms with E-state index in [9.17, 15) is 10.4 Å². The van der Waals surface area contributed by atoms with E-state index in [0.29, 0.717) is 22.1 Å². The van der Waals surface area contributed by atoms with E-state index in [1.807, 2.05) is 85.8 Å². The first-order chi connectivity index (χ1) is 16.1. The van der Waals surface area contributed by atoms with Gasteiger partial charge in [0, 0.05) is 16.9 Å². The Hall–Kier alpha value is -3.59. The van der Waals surface area contributed by atoms with Crippen molar-refractivity contribution in [2.45, 2.75) is 18.1 Å². The SMILES string of the molecule is Cc1ccc(-c2cc(-c3ccccc3)c(C#N)c(SCC(O)COc3ccccc3)n2)cc1. The fraction of sp³-hybridized carbons (Fsp3) is 0.143. The minimum Gasteiger partial charge on any atom is -0.491 e. The Bertz CT molecular complexity index is 1240. The highest BCUT2D eigenvalue weighted by Gasteiger charge is 2.17. The Balaban J connectivity index is 1.62. The van der Waals surface area contributed by atoms with Gasteiger partial charge in [0.05, 0.1) is 17.4 Å². The topological polar surface area (TPSA) is 66.1 Å². The molecule has 0 radical (unpaired) electrons. The molecule has 0 amide bonds. The van der Waals surface area contributed by atoms with Crippen molar-refractivity contribution >= 4 is 11.8 Å². The summed E-state index contributed by atoms with van der Waals surface area (Å²) in [5.74, 6) is 1.07. The normalized spacial score (nSPS) is 11.5. The van der Waals surface area contributed by atoms with E-state index >= 15 is 0 Å². The van der Waals surface area contributed by atoms with Gasteiger partial charge in [0.25, 0.3) is 0 Å². The first-order valence-corrected chi connectivity index (χ1v) is 11.7.